The first-order valence-corrected chi connectivity index (χ1v) is 9.41. The number of hydrogen-bond acceptors (Lipinski definition) is 3. The third-order valence-corrected chi connectivity index (χ3v) is 5.54. The fourth-order valence-corrected chi connectivity index (χ4v) is 4.09. The van der Waals surface area contributed by atoms with Gasteiger partial charge in [0.25, 0.3) is 0 Å². The number of piperidine rings is 1. The maximum Gasteiger partial charge on any atom is 0.227 e. The standard InChI is InChI=1S/C19H30N4O2/c1-5-21-11-8-20-17(21)14-6-9-22(10-7-14)18(25)15-12-16(24)23(13-15)19(2,3)4/h8,11,14-15H,5-7,9-10,12-13H2,1-4H3/t15-/m1/s1. The molecule has 138 valence electrons. The largest absolute Gasteiger partial charge is 0.342 e. The number of rotatable bonds is 3. The van der Waals surface area contributed by atoms with Crippen molar-refractivity contribution in [3.8, 4) is 0 Å². The molecular weight excluding hydrogens is 316 g/mol. The number of aryl methyl sites for hydroxylation is 1. The average molecular weight is 346 g/mol. The zero-order valence-electron chi connectivity index (χ0n) is 15.9. The van der Waals surface area contributed by atoms with Crippen LogP contribution in [0.3, 0.4) is 0 Å². The second kappa shape index (κ2) is 6.81. The molecule has 2 fully saturated rings. The zero-order valence-corrected chi connectivity index (χ0v) is 15.9. The highest BCUT2D eigenvalue weighted by Gasteiger charge is 2.41. The lowest BCUT2D eigenvalue weighted by Crippen LogP contribution is -2.45. The fraction of sp³-hybridized carbons (Fsp3) is 0.737. The molecule has 0 bridgehead atoms. The highest BCUT2D eigenvalue weighted by Crippen LogP contribution is 2.31. The first kappa shape index (κ1) is 18.0. The predicted octanol–water partition coefficient (Wildman–Crippen LogP) is 2.26. The molecule has 0 unspecified atom stereocenters. The van der Waals surface area contributed by atoms with E-state index in [0.29, 0.717) is 18.9 Å². The molecule has 0 aromatic carbocycles. The topological polar surface area (TPSA) is 58.4 Å². The van der Waals surface area contributed by atoms with Gasteiger partial charge < -0.3 is 14.4 Å². The Hall–Kier alpha value is -1.85. The second-order valence-electron chi connectivity index (χ2n) is 8.25. The molecule has 0 radical (unpaired) electrons. The molecule has 3 heterocycles. The van der Waals surface area contributed by atoms with E-state index in [0.717, 1.165) is 38.3 Å². The molecular formula is C19H30N4O2. The molecule has 3 rings (SSSR count). The van der Waals surface area contributed by atoms with Gasteiger partial charge in [-0.3, -0.25) is 9.59 Å². The van der Waals surface area contributed by atoms with Crippen LogP contribution in [0.25, 0.3) is 0 Å². The summed E-state index contributed by atoms with van der Waals surface area (Å²) >= 11 is 0. The molecule has 1 aromatic rings. The van der Waals surface area contributed by atoms with Gasteiger partial charge >= 0.3 is 0 Å². The number of carbonyl (C=O) groups excluding carboxylic acids is 2. The monoisotopic (exact) mass is 346 g/mol. The lowest BCUT2D eigenvalue weighted by molar-refractivity contribution is -0.136. The van der Waals surface area contributed by atoms with Crippen LogP contribution < -0.4 is 0 Å². The smallest absolute Gasteiger partial charge is 0.227 e. The first-order chi connectivity index (χ1) is 11.8. The van der Waals surface area contributed by atoms with Crippen LogP contribution in [0.4, 0.5) is 0 Å². The lowest BCUT2D eigenvalue weighted by Gasteiger charge is -2.34. The van der Waals surface area contributed by atoms with Crippen LogP contribution in [-0.2, 0) is 16.1 Å². The molecule has 1 atom stereocenters. The van der Waals surface area contributed by atoms with Crippen molar-refractivity contribution in [2.45, 2.75) is 65.0 Å². The number of amides is 2. The Labute approximate surface area is 150 Å². The number of hydrogen-bond donors (Lipinski definition) is 0. The van der Waals surface area contributed by atoms with Gasteiger partial charge in [-0.25, -0.2) is 4.98 Å². The average Bonchev–Trinajstić information content (AvgIpc) is 3.20. The van der Waals surface area contributed by atoms with Crippen molar-refractivity contribution in [1.29, 1.82) is 0 Å². The van der Waals surface area contributed by atoms with Crippen molar-refractivity contribution in [3.63, 3.8) is 0 Å². The molecule has 2 aliphatic heterocycles. The minimum absolute atomic E-state index is 0.103. The Morgan fingerprint density at radius 2 is 1.96 bits per heavy atom. The normalized spacial score (nSPS) is 22.7. The van der Waals surface area contributed by atoms with Crippen molar-refractivity contribution in [2.24, 2.45) is 5.92 Å². The molecule has 0 N–H and O–H groups in total. The summed E-state index contributed by atoms with van der Waals surface area (Å²) in [6.45, 7) is 11.2. The van der Waals surface area contributed by atoms with Crippen molar-refractivity contribution in [2.75, 3.05) is 19.6 Å². The Bertz CT molecular complexity index is 638. The Kier molecular flexibility index (Phi) is 4.89. The van der Waals surface area contributed by atoms with Gasteiger partial charge in [-0.15, -0.1) is 0 Å². The van der Waals surface area contributed by atoms with Crippen molar-refractivity contribution in [3.05, 3.63) is 18.2 Å². The maximum absolute atomic E-state index is 12.9. The van der Waals surface area contributed by atoms with Gasteiger partial charge in [0.05, 0.1) is 5.92 Å². The SMILES string of the molecule is CCn1ccnc1C1CCN(C(=O)[C@@H]2CC(=O)N(C(C)(C)C)C2)CC1. The number of nitrogens with zero attached hydrogens (tertiary/aromatic N) is 4. The van der Waals surface area contributed by atoms with Crippen LogP contribution in [0.1, 0.15) is 58.7 Å². The van der Waals surface area contributed by atoms with Gasteiger partial charge in [-0.1, -0.05) is 0 Å². The van der Waals surface area contributed by atoms with E-state index in [1.807, 2.05) is 43.0 Å². The summed E-state index contributed by atoms with van der Waals surface area (Å²) < 4.78 is 2.19. The van der Waals surface area contributed by atoms with E-state index in [-0.39, 0.29) is 23.3 Å². The van der Waals surface area contributed by atoms with Gasteiger partial charge in [0.1, 0.15) is 5.82 Å². The van der Waals surface area contributed by atoms with Crippen LogP contribution in [0.5, 0.6) is 0 Å². The molecule has 2 amide bonds. The summed E-state index contributed by atoms with van der Waals surface area (Å²) in [5, 5.41) is 0. The van der Waals surface area contributed by atoms with Gasteiger partial charge in [-0.05, 0) is 40.5 Å². The number of likely N-dealkylation sites (tertiary alicyclic amines) is 2. The van der Waals surface area contributed by atoms with Crippen LogP contribution >= 0.6 is 0 Å². The fourth-order valence-electron chi connectivity index (χ4n) is 4.09. The maximum atomic E-state index is 12.9. The van der Waals surface area contributed by atoms with Gasteiger partial charge in [0, 0.05) is 56.5 Å². The molecule has 0 saturated carbocycles. The number of carbonyl (C=O) groups is 2. The van der Waals surface area contributed by atoms with E-state index in [2.05, 4.69) is 16.5 Å². The van der Waals surface area contributed by atoms with Crippen LogP contribution in [0, 0.1) is 5.92 Å². The van der Waals surface area contributed by atoms with E-state index >= 15 is 0 Å². The van der Waals surface area contributed by atoms with E-state index in [4.69, 9.17) is 0 Å². The van der Waals surface area contributed by atoms with Crippen molar-refractivity contribution >= 4 is 11.8 Å². The van der Waals surface area contributed by atoms with Crippen molar-refractivity contribution < 1.29 is 9.59 Å². The molecule has 0 spiro atoms. The van der Waals surface area contributed by atoms with E-state index < -0.39 is 0 Å². The summed E-state index contributed by atoms with van der Waals surface area (Å²) in [5.41, 5.74) is -0.212. The molecule has 2 saturated heterocycles. The summed E-state index contributed by atoms with van der Waals surface area (Å²) in [6.07, 6.45) is 6.15. The lowest BCUT2D eigenvalue weighted by atomic mass is 9.94. The number of imidazole rings is 1. The Morgan fingerprint density at radius 1 is 1.28 bits per heavy atom. The second-order valence-corrected chi connectivity index (χ2v) is 8.25. The highest BCUT2D eigenvalue weighted by atomic mass is 16.2. The molecule has 25 heavy (non-hydrogen) atoms. The van der Waals surface area contributed by atoms with Crippen molar-refractivity contribution in [1.82, 2.24) is 19.4 Å². The minimum Gasteiger partial charge on any atom is -0.342 e. The summed E-state index contributed by atoms with van der Waals surface area (Å²) in [6, 6.07) is 0. The summed E-state index contributed by atoms with van der Waals surface area (Å²) in [5.74, 6) is 1.64. The molecule has 2 aliphatic rings. The Morgan fingerprint density at radius 3 is 2.52 bits per heavy atom. The summed E-state index contributed by atoms with van der Waals surface area (Å²) in [4.78, 5) is 33.4. The first-order valence-electron chi connectivity index (χ1n) is 9.41. The Balaban J connectivity index is 1.58. The third-order valence-electron chi connectivity index (χ3n) is 5.54. The van der Waals surface area contributed by atoms with Gasteiger partial charge in [0.2, 0.25) is 11.8 Å². The van der Waals surface area contributed by atoms with E-state index in [9.17, 15) is 9.59 Å². The molecule has 6 nitrogen and oxygen atoms in total. The predicted molar refractivity (Wildman–Crippen MR) is 96.0 cm³/mol. The summed E-state index contributed by atoms with van der Waals surface area (Å²) in [7, 11) is 0. The quantitative estimate of drug-likeness (QED) is 0.843. The van der Waals surface area contributed by atoms with E-state index in [1.165, 1.54) is 0 Å². The van der Waals surface area contributed by atoms with Gasteiger partial charge in [-0.2, -0.15) is 0 Å². The van der Waals surface area contributed by atoms with Gasteiger partial charge in [0.15, 0.2) is 0 Å². The zero-order chi connectivity index (χ0) is 18.2. The van der Waals surface area contributed by atoms with E-state index in [1.54, 1.807) is 0 Å². The minimum atomic E-state index is -0.212. The molecule has 6 heteroatoms. The molecule has 1 aromatic heterocycles. The van der Waals surface area contributed by atoms with Crippen LogP contribution in [0.2, 0.25) is 0 Å². The number of aromatic nitrogens is 2. The van der Waals surface area contributed by atoms with Crippen LogP contribution in [-0.4, -0.2) is 56.3 Å². The third kappa shape index (κ3) is 3.58. The molecule has 0 aliphatic carbocycles. The van der Waals surface area contributed by atoms with Crippen LogP contribution in [0.15, 0.2) is 12.4 Å². The highest BCUT2D eigenvalue weighted by molar-refractivity contribution is 5.89.